The van der Waals surface area contributed by atoms with Crippen LogP contribution in [0.3, 0.4) is 0 Å². The van der Waals surface area contributed by atoms with Gasteiger partial charge in [0, 0.05) is 35.2 Å². The molecule has 0 saturated carbocycles. The van der Waals surface area contributed by atoms with Gasteiger partial charge in [0.25, 0.3) is 0 Å². The summed E-state index contributed by atoms with van der Waals surface area (Å²) in [6, 6.07) is 15.6. The van der Waals surface area contributed by atoms with Gasteiger partial charge < -0.3 is 15.4 Å². The Morgan fingerprint density at radius 3 is 2.46 bits per heavy atom. The van der Waals surface area contributed by atoms with Crippen molar-refractivity contribution >= 4 is 41.7 Å². The van der Waals surface area contributed by atoms with Crippen LogP contribution in [0, 0.1) is 0 Å². The molecule has 2 aromatic rings. The van der Waals surface area contributed by atoms with E-state index in [0.717, 1.165) is 22.1 Å². The average Bonchev–Trinajstić information content (AvgIpc) is 2.64. The van der Waals surface area contributed by atoms with Gasteiger partial charge in [-0.05, 0) is 49.0 Å². The summed E-state index contributed by atoms with van der Waals surface area (Å²) >= 11 is 7.60. The summed E-state index contributed by atoms with van der Waals surface area (Å²) in [7, 11) is 1.83. The molecule has 0 aromatic heterocycles. The van der Waals surface area contributed by atoms with Crippen LogP contribution in [0.25, 0.3) is 0 Å². The second-order valence-corrected chi connectivity index (χ2v) is 7.03. The van der Waals surface area contributed by atoms with Crippen molar-refractivity contribution in [1.82, 2.24) is 10.6 Å². The molecule has 0 aliphatic rings. The summed E-state index contributed by atoms with van der Waals surface area (Å²) in [5.41, 5.74) is 1.06. The number of rotatable bonds is 10. The lowest BCUT2D eigenvalue weighted by molar-refractivity contribution is -0.121. The molecule has 142 valence electrons. The predicted octanol–water partition coefficient (Wildman–Crippen LogP) is 4.16. The largest absolute Gasteiger partial charge is 0.493 e. The topological polar surface area (TPSA) is 50.4 Å². The fourth-order valence-electron chi connectivity index (χ4n) is 2.08. The van der Waals surface area contributed by atoms with E-state index in [1.165, 1.54) is 4.90 Å². The van der Waals surface area contributed by atoms with Crippen molar-refractivity contribution in [2.24, 2.45) is 0 Å². The second-order valence-electron chi connectivity index (χ2n) is 5.43. The highest BCUT2D eigenvalue weighted by Gasteiger charge is 2.01. The fraction of sp³-hybridized carbons (Fsp3) is 0.316. The molecular formula is C19H24Cl2N2O2S. The Kier molecular flexibility index (Phi) is 11.2. The van der Waals surface area contributed by atoms with Gasteiger partial charge in [0.15, 0.2) is 0 Å². The zero-order chi connectivity index (χ0) is 17.9. The summed E-state index contributed by atoms with van der Waals surface area (Å²) in [4.78, 5) is 12.7. The summed E-state index contributed by atoms with van der Waals surface area (Å²) in [6.07, 6.45) is 0.489. The van der Waals surface area contributed by atoms with E-state index < -0.39 is 0 Å². The zero-order valence-corrected chi connectivity index (χ0v) is 17.1. The molecule has 0 aliphatic carbocycles. The van der Waals surface area contributed by atoms with Crippen LogP contribution in [0.1, 0.15) is 12.0 Å². The standard InChI is InChI=1S/C19H23ClN2O2S.ClH/c1-21-11-10-19(23)22-14-15-2-6-17(7-3-15)24-12-13-25-18-8-4-16(20)5-9-18;/h2-9,21H,10-14H2,1H3,(H,22,23);1H. The number of benzene rings is 2. The first-order valence-corrected chi connectivity index (χ1v) is 9.55. The third-order valence-electron chi connectivity index (χ3n) is 3.45. The normalized spacial score (nSPS) is 10.1. The van der Waals surface area contributed by atoms with Crippen LogP contribution in [0.5, 0.6) is 5.75 Å². The van der Waals surface area contributed by atoms with Crippen molar-refractivity contribution in [2.45, 2.75) is 17.9 Å². The fourth-order valence-corrected chi connectivity index (χ4v) is 2.94. The maximum atomic E-state index is 11.6. The maximum absolute atomic E-state index is 11.6. The number of nitrogens with one attached hydrogen (secondary N) is 2. The highest BCUT2D eigenvalue weighted by molar-refractivity contribution is 7.99. The molecule has 0 atom stereocenters. The van der Waals surface area contributed by atoms with Crippen LogP contribution < -0.4 is 15.4 Å². The molecule has 2 rings (SSSR count). The smallest absolute Gasteiger partial charge is 0.221 e. The van der Waals surface area contributed by atoms with Crippen molar-refractivity contribution in [3.05, 3.63) is 59.1 Å². The third kappa shape index (κ3) is 8.81. The first-order chi connectivity index (χ1) is 12.2. The number of halogens is 2. The third-order valence-corrected chi connectivity index (χ3v) is 4.68. The van der Waals surface area contributed by atoms with Crippen LogP contribution in [-0.4, -0.2) is 31.9 Å². The Balaban J connectivity index is 0.00000338. The van der Waals surface area contributed by atoms with Crippen molar-refractivity contribution in [2.75, 3.05) is 26.0 Å². The van der Waals surface area contributed by atoms with Gasteiger partial charge in [0.2, 0.25) is 5.91 Å². The number of carbonyl (C=O) groups is 1. The highest BCUT2D eigenvalue weighted by atomic mass is 35.5. The molecule has 0 spiro atoms. The minimum absolute atomic E-state index is 0. The average molecular weight is 415 g/mol. The van der Waals surface area contributed by atoms with Gasteiger partial charge in [0.05, 0.1) is 6.61 Å². The SMILES string of the molecule is CNCCC(=O)NCc1ccc(OCCSc2ccc(Cl)cc2)cc1.Cl. The van der Waals surface area contributed by atoms with E-state index in [2.05, 4.69) is 10.6 Å². The molecule has 7 heteroatoms. The zero-order valence-electron chi connectivity index (χ0n) is 14.7. The number of thioether (sulfide) groups is 1. The van der Waals surface area contributed by atoms with E-state index in [1.54, 1.807) is 11.8 Å². The molecule has 0 radical (unpaired) electrons. The maximum Gasteiger partial charge on any atom is 0.221 e. The Morgan fingerprint density at radius 2 is 1.81 bits per heavy atom. The summed E-state index contributed by atoms with van der Waals surface area (Å²) in [5.74, 6) is 1.75. The van der Waals surface area contributed by atoms with Gasteiger partial charge in [-0.25, -0.2) is 0 Å². The van der Waals surface area contributed by atoms with Crippen LogP contribution in [0.2, 0.25) is 5.02 Å². The molecule has 26 heavy (non-hydrogen) atoms. The van der Waals surface area contributed by atoms with Gasteiger partial charge >= 0.3 is 0 Å². The van der Waals surface area contributed by atoms with Gasteiger partial charge in [0.1, 0.15) is 5.75 Å². The quantitative estimate of drug-likeness (QED) is 0.452. The van der Waals surface area contributed by atoms with E-state index in [9.17, 15) is 4.79 Å². The Labute approximate surface area is 170 Å². The summed E-state index contributed by atoms with van der Waals surface area (Å²) < 4.78 is 5.74. The first-order valence-electron chi connectivity index (χ1n) is 8.19. The predicted molar refractivity (Wildman–Crippen MR) is 112 cm³/mol. The second kappa shape index (κ2) is 12.9. The monoisotopic (exact) mass is 414 g/mol. The molecule has 0 aliphatic heterocycles. The van der Waals surface area contributed by atoms with Crippen LogP contribution in [0.15, 0.2) is 53.4 Å². The molecule has 2 N–H and O–H groups in total. The van der Waals surface area contributed by atoms with Crippen LogP contribution in [-0.2, 0) is 11.3 Å². The molecule has 4 nitrogen and oxygen atoms in total. The first kappa shape index (κ1) is 22.6. The van der Waals surface area contributed by atoms with E-state index in [0.29, 0.717) is 26.1 Å². The van der Waals surface area contributed by atoms with E-state index in [1.807, 2.05) is 55.6 Å². The summed E-state index contributed by atoms with van der Waals surface area (Å²) in [6.45, 7) is 1.86. The molecule has 0 bridgehead atoms. The number of hydrogen-bond donors (Lipinski definition) is 2. The highest BCUT2D eigenvalue weighted by Crippen LogP contribution is 2.20. The number of hydrogen-bond acceptors (Lipinski definition) is 4. The van der Waals surface area contributed by atoms with Crippen LogP contribution >= 0.6 is 35.8 Å². The Morgan fingerprint density at radius 1 is 1.12 bits per heavy atom. The van der Waals surface area contributed by atoms with Crippen molar-refractivity contribution in [3.63, 3.8) is 0 Å². The number of amides is 1. The van der Waals surface area contributed by atoms with Crippen LogP contribution in [0.4, 0.5) is 0 Å². The Bertz CT molecular complexity index is 652. The molecule has 0 unspecified atom stereocenters. The summed E-state index contributed by atoms with van der Waals surface area (Å²) in [5, 5.41) is 6.60. The van der Waals surface area contributed by atoms with Crippen molar-refractivity contribution in [3.8, 4) is 5.75 Å². The number of ether oxygens (including phenoxy) is 1. The minimum Gasteiger partial charge on any atom is -0.493 e. The van der Waals surface area contributed by atoms with Crippen molar-refractivity contribution in [1.29, 1.82) is 0 Å². The Hall–Kier alpha value is -1.40. The lowest BCUT2D eigenvalue weighted by Crippen LogP contribution is -2.26. The van der Waals surface area contributed by atoms with E-state index >= 15 is 0 Å². The number of carbonyl (C=O) groups excluding carboxylic acids is 1. The molecule has 0 fully saturated rings. The van der Waals surface area contributed by atoms with E-state index in [-0.39, 0.29) is 18.3 Å². The molecule has 2 aromatic carbocycles. The molecule has 0 heterocycles. The van der Waals surface area contributed by atoms with Gasteiger partial charge in [-0.3, -0.25) is 4.79 Å². The molecular weight excluding hydrogens is 391 g/mol. The molecule has 1 amide bonds. The van der Waals surface area contributed by atoms with E-state index in [4.69, 9.17) is 16.3 Å². The lowest BCUT2D eigenvalue weighted by Gasteiger charge is -2.08. The van der Waals surface area contributed by atoms with Gasteiger partial charge in [-0.2, -0.15) is 0 Å². The molecule has 0 saturated heterocycles. The minimum atomic E-state index is 0. The van der Waals surface area contributed by atoms with Gasteiger partial charge in [-0.15, -0.1) is 24.2 Å². The lowest BCUT2D eigenvalue weighted by atomic mass is 10.2. The van der Waals surface area contributed by atoms with Gasteiger partial charge in [-0.1, -0.05) is 23.7 Å². The van der Waals surface area contributed by atoms with Crippen molar-refractivity contribution < 1.29 is 9.53 Å².